The van der Waals surface area contributed by atoms with Gasteiger partial charge in [0.1, 0.15) is 13.2 Å². The molecule has 0 heterocycles. The van der Waals surface area contributed by atoms with E-state index < -0.39 is 6.10 Å². The van der Waals surface area contributed by atoms with Gasteiger partial charge in [0.2, 0.25) is 0 Å². The molecule has 60 heavy (non-hydrogen) atoms. The van der Waals surface area contributed by atoms with Crippen molar-refractivity contribution in [2.75, 3.05) is 13.2 Å². The third kappa shape index (κ3) is 47.5. The van der Waals surface area contributed by atoms with Crippen molar-refractivity contribution in [3.05, 3.63) is 0 Å². The van der Waals surface area contributed by atoms with Crippen molar-refractivity contribution >= 4 is 17.9 Å². The number of carbonyl (C=O) groups excluding carboxylic acids is 3. The molecular formula is C54H104O6. The molecule has 0 N–H and O–H groups in total. The highest BCUT2D eigenvalue weighted by Crippen LogP contribution is 2.17. The van der Waals surface area contributed by atoms with Crippen LogP contribution in [0.2, 0.25) is 0 Å². The summed E-state index contributed by atoms with van der Waals surface area (Å²) < 4.78 is 16.8. The number of ether oxygens (including phenoxy) is 3. The summed E-state index contributed by atoms with van der Waals surface area (Å²) in [6, 6.07) is 0. The standard InChI is InChI=1S/C54H104O6/c1-6-7-8-9-10-11-12-13-17-20-23-29-34-39-44-52(55)58-47-51(48-59-53(56)45-40-35-30-26-25-28-33-38-43-50(4)5)60-54(57)46-41-36-31-24-21-18-15-14-16-19-22-27-32-37-42-49(2)3/h49-51H,6-48H2,1-5H3/t51-/m0/s1. The van der Waals surface area contributed by atoms with Gasteiger partial charge in [0, 0.05) is 19.3 Å². The lowest BCUT2D eigenvalue weighted by Crippen LogP contribution is -2.30. The van der Waals surface area contributed by atoms with Gasteiger partial charge in [0.25, 0.3) is 0 Å². The Morgan fingerprint density at radius 1 is 0.317 bits per heavy atom. The Morgan fingerprint density at radius 2 is 0.550 bits per heavy atom. The summed E-state index contributed by atoms with van der Waals surface area (Å²) in [4.78, 5) is 38.0. The summed E-state index contributed by atoms with van der Waals surface area (Å²) in [5, 5.41) is 0. The van der Waals surface area contributed by atoms with Gasteiger partial charge in [-0.25, -0.2) is 0 Å². The van der Waals surface area contributed by atoms with Crippen molar-refractivity contribution in [1.82, 2.24) is 0 Å². The average molecular weight is 849 g/mol. The molecule has 0 aromatic rings. The highest BCUT2D eigenvalue weighted by Gasteiger charge is 2.19. The minimum absolute atomic E-state index is 0.0636. The van der Waals surface area contributed by atoms with Gasteiger partial charge in [-0.05, 0) is 31.1 Å². The van der Waals surface area contributed by atoms with Crippen LogP contribution in [-0.2, 0) is 28.6 Å². The van der Waals surface area contributed by atoms with Crippen LogP contribution in [0.1, 0.15) is 298 Å². The van der Waals surface area contributed by atoms with Gasteiger partial charge in [-0.15, -0.1) is 0 Å². The highest BCUT2D eigenvalue weighted by atomic mass is 16.6. The third-order valence-electron chi connectivity index (χ3n) is 12.2. The molecule has 1 atom stereocenters. The second-order valence-electron chi connectivity index (χ2n) is 19.5. The second-order valence-corrected chi connectivity index (χ2v) is 19.5. The van der Waals surface area contributed by atoms with Crippen LogP contribution in [0.3, 0.4) is 0 Å². The van der Waals surface area contributed by atoms with Gasteiger partial charge in [0.15, 0.2) is 6.10 Å². The first-order chi connectivity index (χ1) is 29.2. The van der Waals surface area contributed by atoms with Crippen molar-refractivity contribution in [2.45, 2.75) is 304 Å². The Morgan fingerprint density at radius 3 is 0.817 bits per heavy atom. The molecule has 0 fully saturated rings. The van der Waals surface area contributed by atoms with E-state index >= 15 is 0 Å². The van der Waals surface area contributed by atoms with E-state index in [1.54, 1.807) is 0 Å². The number of rotatable bonds is 48. The van der Waals surface area contributed by atoms with E-state index in [4.69, 9.17) is 14.2 Å². The Hall–Kier alpha value is -1.59. The van der Waals surface area contributed by atoms with E-state index in [1.807, 2.05) is 0 Å². The van der Waals surface area contributed by atoms with Crippen molar-refractivity contribution < 1.29 is 28.6 Å². The molecule has 0 aromatic carbocycles. The van der Waals surface area contributed by atoms with Crippen LogP contribution in [0, 0.1) is 11.8 Å². The lowest BCUT2D eigenvalue weighted by Gasteiger charge is -2.18. The molecule has 6 heteroatoms. The fourth-order valence-electron chi connectivity index (χ4n) is 8.17. The van der Waals surface area contributed by atoms with Crippen LogP contribution in [-0.4, -0.2) is 37.2 Å². The molecule has 0 saturated heterocycles. The zero-order valence-electron chi connectivity index (χ0n) is 41.1. The summed E-state index contributed by atoms with van der Waals surface area (Å²) in [7, 11) is 0. The van der Waals surface area contributed by atoms with E-state index in [0.717, 1.165) is 69.6 Å². The van der Waals surface area contributed by atoms with Crippen LogP contribution < -0.4 is 0 Å². The molecule has 0 aliphatic rings. The summed E-state index contributed by atoms with van der Waals surface area (Å²) in [6.07, 6.45) is 48.1. The third-order valence-corrected chi connectivity index (χ3v) is 12.2. The Kier molecular flexibility index (Phi) is 45.7. The van der Waals surface area contributed by atoms with E-state index in [1.165, 1.54) is 186 Å². The number of unbranched alkanes of at least 4 members (excludes halogenated alkanes) is 33. The number of hydrogen-bond donors (Lipinski definition) is 0. The molecule has 0 bridgehead atoms. The van der Waals surface area contributed by atoms with Gasteiger partial charge >= 0.3 is 17.9 Å². The van der Waals surface area contributed by atoms with Crippen LogP contribution in [0.5, 0.6) is 0 Å². The molecule has 0 amide bonds. The Balaban J connectivity index is 4.29. The van der Waals surface area contributed by atoms with Gasteiger partial charge in [-0.3, -0.25) is 14.4 Å². The first kappa shape index (κ1) is 58.4. The molecule has 0 radical (unpaired) electrons. The van der Waals surface area contributed by atoms with E-state index in [-0.39, 0.29) is 31.1 Å². The maximum atomic E-state index is 12.8. The van der Waals surface area contributed by atoms with Crippen LogP contribution in [0.15, 0.2) is 0 Å². The van der Waals surface area contributed by atoms with Gasteiger partial charge < -0.3 is 14.2 Å². The molecule has 0 aromatic heterocycles. The molecular weight excluding hydrogens is 745 g/mol. The molecule has 0 aliphatic heterocycles. The number of esters is 3. The van der Waals surface area contributed by atoms with Crippen molar-refractivity contribution in [2.24, 2.45) is 11.8 Å². The van der Waals surface area contributed by atoms with E-state index in [2.05, 4.69) is 34.6 Å². The minimum atomic E-state index is -0.762. The fourth-order valence-corrected chi connectivity index (χ4v) is 8.17. The van der Waals surface area contributed by atoms with Gasteiger partial charge in [-0.1, -0.05) is 259 Å². The largest absolute Gasteiger partial charge is 0.462 e. The normalized spacial score (nSPS) is 12.1. The Bertz CT molecular complexity index is 916. The lowest BCUT2D eigenvalue weighted by molar-refractivity contribution is -0.167. The maximum absolute atomic E-state index is 12.8. The minimum Gasteiger partial charge on any atom is -0.462 e. The molecule has 0 spiro atoms. The predicted octanol–water partition coefficient (Wildman–Crippen LogP) is 17.3. The quantitative estimate of drug-likeness (QED) is 0.0345. The number of hydrogen-bond acceptors (Lipinski definition) is 6. The van der Waals surface area contributed by atoms with Crippen molar-refractivity contribution in [3.8, 4) is 0 Å². The second kappa shape index (κ2) is 46.9. The molecule has 6 nitrogen and oxygen atoms in total. The summed E-state index contributed by atoms with van der Waals surface area (Å²) in [5.41, 5.74) is 0. The van der Waals surface area contributed by atoms with Crippen molar-refractivity contribution in [3.63, 3.8) is 0 Å². The Labute approximate surface area is 374 Å². The van der Waals surface area contributed by atoms with Crippen LogP contribution in [0.25, 0.3) is 0 Å². The van der Waals surface area contributed by atoms with Gasteiger partial charge in [-0.2, -0.15) is 0 Å². The zero-order chi connectivity index (χ0) is 44.0. The van der Waals surface area contributed by atoms with Gasteiger partial charge in [0.05, 0.1) is 0 Å². The molecule has 0 rings (SSSR count). The fraction of sp³-hybridized carbons (Fsp3) is 0.944. The molecule has 0 saturated carbocycles. The zero-order valence-corrected chi connectivity index (χ0v) is 41.1. The van der Waals surface area contributed by atoms with E-state index in [0.29, 0.717) is 19.3 Å². The summed E-state index contributed by atoms with van der Waals surface area (Å²) >= 11 is 0. The van der Waals surface area contributed by atoms with Crippen LogP contribution >= 0.6 is 0 Å². The predicted molar refractivity (Wildman–Crippen MR) is 256 cm³/mol. The molecule has 0 aliphatic carbocycles. The molecule has 0 unspecified atom stereocenters. The molecule has 356 valence electrons. The average Bonchev–Trinajstić information content (AvgIpc) is 3.22. The lowest BCUT2D eigenvalue weighted by atomic mass is 10.0. The summed E-state index contributed by atoms with van der Waals surface area (Å²) in [5.74, 6) is 0.793. The number of carbonyl (C=O) groups is 3. The summed E-state index contributed by atoms with van der Waals surface area (Å²) in [6.45, 7) is 11.4. The van der Waals surface area contributed by atoms with Crippen molar-refractivity contribution in [1.29, 1.82) is 0 Å². The highest BCUT2D eigenvalue weighted by molar-refractivity contribution is 5.71. The van der Waals surface area contributed by atoms with Crippen LogP contribution in [0.4, 0.5) is 0 Å². The maximum Gasteiger partial charge on any atom is 0.306 e. The monoisotopic (exact) mass is 849 g/mol. The first-order valence-corrected chi connectivity index (χ1v) is 26.7. The first-order valence-electron chi connectivity index (χ1n) is 26.7. The van der Waals surface area contributed by atoms with E-state index in [9.17, 15) is 14.4 Å². The smallest absolute Gasteiger partial charge is 0.306 e. The topological polar surface area (TPSA) is 78.9 Å². The SMILES string of the molecule is CCCCCCCCCCCCCCCCC(=O)OC[C@@H](COC(=O)CCCCCCCCCCC(C)C)OC(=O)CCCCCCCCCCCCCCCCC(C)C.